The number of nitrogens with one attached hydrogen (secondary N) is 1. The van der Waals surface area contributed by atoms with Crippen LogP contribution in [0.5, 0.6) is 0 Å². The van der Waals surface area contributed by atoms with Crippen molar-refractivity contribution in [1.29, 1.82) is 0 Å². The predicted octanol–water partition coefficient (Wildman–Crippen LogP) is 3.72. The number of likely N-dealkylation sites (tertiary alicyclic amines) is 1. The van der Waals surface area contributed by atoms with Gasteiger partial charge >= 0.3 is 0 Å². The highest BCUT2D eigenvalue weighted by atomic mass is 127. The number of hydrogen-bond donors (Lipinski definition) is 1. The highest BCUT2D eigenvalue weighted by molar-refractivity contribution is 14.0. The summed E-state index contributed by atoms with van der Waals surface area (Å²) in [6.45, 7) is 10.4. The number of rotatable bonds is 5. The van der Waals surface area contributed by atoms with E-state index in [1.54, 1.807) is 0 Å². The fourth-order valence-electron chi connectivity index (χ4n) is 3.87. The van der Waals surface area contributed by atoms with E-state index in [4.69, 9.17) is 4.99 Å². The minimum absolute atomic E-state index is 0. The summed E-state index contributed by atoms with van der Waals surface area (Å²) in [6, 6.07) is 5.94. The number of aliphatic imine (C=N–C) groups is 1. The van der Waals surface area contributed by atoms with Crippen LogP contribution in [-0.4, -0.2) is 45.1 Å². The lowest BCUT2D eigenvalue weighted by Gasteiger charge is -2.42. The summed E-state index contributed by atoms with van der Waals surface area (Å²) in [4.78, 5) is 7.29. The lowest BCUT2D eigenvalue weighted by molar-refractivity contribution is 0.142. The van der Waals surface area contributed by atoms with Crippen LogP contribution in [0.4, 0.5) is 0 Å². The standard InChI is InChI=1S/C19H30N6.HI/c1-4-10-19(3)11-8-12-24(15-19)18(20-5-2)21-14-17-23-22-16-9-6-7-13-25(16)17;/h6-7,9,13H,4-5,8,10-12,14-15H2,1-3H3,(H,20,21);1H. The van der Waals surface area contributed by atoms with Crippen molar-refractivity contribution in [3.05, 3.63) is 30.2 Å². The fraction of sp³-hybridized carbons (Fsp3) is 0.632. The lowest BCUT2D eigenvalue weighted by atomic mass is 9.78. The van der Waals surface area contributed by atoms with E-state index in [0.717, 1.165) is 37.1 Å². The van der Waals surface area contributed by atoms with E-state index in [1.165, 1.54) is 25.7 Å². The largest absolute Gasteiger partial charge is 0.357 e. The molecule has 1 fully saturated rings. The van der Waals surface area contributed by atoms with Crippen molar-refractivity contribution < 1.29 is 0 Å². The third kappa shape index (κ3) is 4.86. The Bertz CT molecular complexity index is 724. The van der Waals surface area contributed by atoms with Crippen LogP contribution < -0.4 is 5.32 Å². The van der Waals surface area contributed by atoms with E-state index >= 15 is 0 Å². The molecule has 2 aromatic rings. The van der Waals surface area contributed by atoms with Gasteiger partial charge in [-0.2, -0.15) is 0 Å². The Kier molecular flexibility index (Phi) is 7.67. The summed E-state index contributed by atoms with van der Waals surface area (Å²) in [5.41, 5.74) is 1.26. The van der Waals surface area contributed by atoms with Crippen LogP contribution in [0, 0.1) is 5.41 Å². The Labute approximate surface area is 173 Å². The Morgan fingerprint density at radius 1 is 1.31 bits per heavy atom. The number of pyridine rings is 1. The van der Waals surface area contributed by atoms with Crippen LogP contribution in [-0.2, 0) is 6.54 Å². The molecule has 1 atom stereocenters. The van der Waals surface area contributed by atoms with E-state index in [2.05, 4.69) is 41.2 Å². The molecule has 2 aromatic heterocycles. The molecule has 26 heavy (non-hydrogen) atoms. The maximum atomic E-state index is 4.86. The molecule has 1 N–H and O–H groups in total. The van der Waals surface area contributed by atoms with Crippen LogP contribution >= 0.6 is 24.0 Å². The summed E-state index contributed by atoms with van der Waals surface area (Å²) in [7, 11) is 0. The molecule has 1 aliphatic rings. The van der Waals surface area contributed by atoms with Gasteiger partial charge in [-0.15, -0.1) is 34.2 Å². The third-order valence-electron chi connectivity index (χ3n) is 5.02. The molecule has 7 heteroatoms. The first-order chi connectivity index (χ1) is 12.1. The van der Waals surface area contributed by atoms with Gasteiger partial charge in [0, 0.05) is 25.8 Å². The molecule has 3 heterocycles. The number of fused-ring (bicyclic) bond motifs is 1. The molecule has 6 nitrogen and oxygen atoms in total. The van der Waals surface area contributed by atoms with E-state index < -0.39 is 0 Å². The van der Waals surface area contributed by atoms with Gasteiger partial charge in [0.15, 0.2) is 17.4 Å². The molecule has 0 bridgehead atoms. The van der Waals surface area contributed by atoms with Crippen molar-refractivity contribution in [3.63, 3.8) is 0 Å². The highest BCUT2D eigenvalue weighted by Crippen LogP contribution is 2.33. The zero-order chi connectivity index (χ0) is 17.7. The van der Waals surface area contributed by atoms with Gasteiger partial charge < -0.3 is 10.2 Å². The third-order valence-corrected chi connectivity index (χ3v) is 5.02. The Morgan fingerprint density at radius 2 is 2.15 bits per heavy atom. The Hall–Kier alpha value is -1.38. The molecule has 1 aliphatic heterocycles. The van der Waals surface area contributed by atoms with Crippen molar-refractivity contribution in [1.82, 2.24) is 24.8 Å². The van der Waals surface area contributed by atoms with Crippen molar-refractivity contribution >= 4 is 35.6 Å². The molecular weight excluding hydrogens is 439 g/mol. The molecule has 3 rings (SSSR count). The van der Waals surface area contributed by atoms with Crippen molar-refractivity contribution in [3.8, 4) is 0 Å². The van der Waals surface area contributed by atoms with Crippen LogP contribution in [0.3, 0.4) is 0 Å². The van der Waals surface area contributed by atoms with Crippen LogP contribution in [0.1, 0.15) is 52.3 Å². The molecule has 1 unspecified atom stereocenters. The molecule has 144 valence electrons. The molecule has 0 aliphatic carbocycles. The second-order valence-electron chi connectivity index (χ2n) is 7.30. The normalized spacial score (nSPS) is 20.9. The van der Waals surface area contributed by atoms with Gasteiger partial charge in [0.25, 0.3) is 0 Å². The van der Waals surface area contributed by atoms with Gasteiger partial charge in [-0.25, -0.2) is 4.99 Å². The Balaban J connectivity index is 0.00000243. The van der Waals surface area contributed by atoms with Crippen molar-refractivity contribution in [2.24, 2.45) is 10.4 Å². The first-order valence-electron chi connectivity index (χ1n) is 9.47. The van der Waals surface area contributed by atoms with E-state index in [9.17, 15) is 0 Å². The molecule has 0 saturated carbocycles. The fourth-order valence-corrected chi connectivity index (χ4v) is 3.87. The van der Waals surface area contributed by atoms with Gasteiger partial charge in [0.2, 0.25) is 0 Å². The summed E-state index contributed by atoms with van der Waals surface area (Å²) in [5, 5.41) is 12.0. The smallest absolute Gasteiger partial charge is 0.194 e. The number of piperidine rings is 1. The average Bonchev–Trinajstić information content (AvgIpc) is 3.02. The summed E-state index contributed by atoms with van der Waals surface area (Å²) in [5.74, 6) is 1.87. The summed E-state index contributed by atoms with van der Waals surface area (Å²) in [6.07, 6.45) is 7.05. The Morgan fingerprint density at radius 3 is 2.92 bits per heavy atom. The molecule has 0 amide bonds. The average molecular weight is 470 g/mol. The number of guanidine groups is 1. The number of aromatic nitrogens is 3. The molecular formula is C19H31IN6. The lowest BCUT2D eigenvalue weighted by Crippen LogP contribution is -2.49. The zero-order valence-corrected chi connectivity index (χ0v) is 18.4. The van der Waals surface area contributed by atoms with Crippen LogP contribution in [0.15, 0.2) is 29.4 Å². The predicted molar refractivity (Wildman–Crippen MR) is 117 cm³/mol. The first kappa shape index (κ1) is 20.9. The summed E-state index contributed by atoms with van der Waals surface area (Å²) >= 11 is 0. The van der Waals surface area contributed by atoms with Gasteiger partial charge in [-0.1, -0.05) is 26.3 Å². The number of nitrogens with zero attached hydrogens (tertiary/aromatic N) is 5. The summed E-state index contributed by atoms with van der Waals surface area (Å²) < 4.78 is 2.00. The quantitative estimate of drug-likeness (QED) is 0.411. The molecule has 0 spiro atoms. The van der Waals surface area contributed by atoms with Gasteiger partial charge in [0.1, 0.15) is 6.54 Å². The van der Waals surface area contributed by atoms with E-state index in [0.29, 0.717) is 12.0 Å². The first-order valence-corrected chi connectivity index (χ1v) is 9.47. The van der Waals surface area contributed by atoms with E-state index in [-0.39, 0.29) is 24.0 Å². The topological polar surface area (TPSA) is 57.8 Å². The van der Waals surface area contributed by atoms with Crippen LogP contribution in [0.25, 0.3) is 5.65 Å². The van der Waals surface area contributed by atoms with Crippen LogP contribution in [0.2, 0.25) is 0 Å². The molecule has 0 aromatic carbocycles. The SMILES string of the molecule is CCCC1(C)CCCN(C(=NCc2nnc3ccccn23)NCC)C1.I. The number of hydrogen-bond acceptors (Lipinski definition) is 3. The monoisotopic (exact) mass is 470 g/mol. The maximum absolute atomic E-state index is 4.86. The molecule has 1 saturated heterocycles. The van der Waals surface area contributed by atoms with Gasteiger partial charge in [-0.3, -0.25) is 4.40 Å². The molecule has 0 radical (unpaired) electrons. The van der Waals surface area contributed by atoms with Crippen molar-refractivity contribution in [2.45, 2.75) is 53.0 Å². The van der Waals surface area contributed by atoms with Crippen molar-refractivity contribution in [2.75, 3.05) is 19.6 Å². The van der Waals surface area contributed by atoms with Gasteiger partial charge in [-0.05, 0) is 43.7 Å². The highest BCUT2D eigenvalue weighted by Gasteiger charge is 2.31. The minimum Gasteiger partial charge on any atom is -0.357 e. The van der Waals surface area contributed by atoms with Gasteiger partial charge in [0.05, 0.1) is 0 Å². The zero-order valence-electron chi connectivity index (χ0n) is 16.1. The second kappa shape index (κ2) is 9.53. The number of halogens is 1. The van der Waals surface area contributed by atoms with E-state index in [1.807, 2.05) is 28.8 Å². The minimum atomic E-state index is 0. The maximum Gasteiger partial charge on any atom is 0.194 e. The second-order valence-corrected chi connectivity index (χ2v) is 7.30.